The standard InChI is InChI=1S/C12H17N3O/c1-7(8-5-6-8)15-11-9(12(14)16)3-2-4-10(11)13/h2-4,7-8,15H,5-6,13H2,1H3,(H2,14,16). The molecule has 5 N–H and O–H groups in total. The number of amides is 1. The normalized spacial score (nSPS) is 16.8. The highest BCUT2D eigenvalue weighted by atomic mass is 16.1. The highest BCUT2D eigenvalue weighted by Crippen LogP contribution is 2.35. The van der Waals surface area contributed by atoms with Gasteiger partial charge in [-0.2, -0.15) is 0 Å². The van der Waals surface area contributed by atoms with Gasteiger partial charge < -0.3 is 16.8 Å². The van der Waals surface area contributed by atoms with Crippen molar-refractivity contribution in [2.24, 2.45) is 11.7 Å². The van der Waals surface area contributed by atoms with Gasteiger partial charge in [0, 0.05) is 6.04 Å². The molecule has 1 aromatic carbocycles. The fourth-order valence-electron chi connectivity index (χ4n) is 1.88. The van der Waals surface area contributed by atoms with Crippen LogP contribution in [-0.2, 0) is 0 Å². The molecule has 2 rings (SSSR count). The summed E-state index contributed by atoms with van der Waals surface area (Å²) in [6.45, 7) is 2.11. The van der Waals surface area contributed by atoms with Gasteiger partial charge in [0.05, 0.1) is 16.9 Å². The Morgan fingerprint density at radius 3 is 2.75 bits per heavy atom. The second-order valence-corrected chi connectivity index (χ2v) is 4.40. The van der Waals surface area contributed by atoms with Crippen molar-refractivity contribution < 1.29 is 4.79 Å². The fraction of sp³-hybridized carbons (Fsp3) is 0.417. The Balaban J connectivity index is 2.26. The molecule has 0 aromatic heterocycles. The molecule has 86 valence electrons. The van der Waals surface area contributed by atoms with Gasteiger partial charge in [-0.25, -0.2) is 0 Å². The van der Waals surface area contributed by atoms with Gasteiger partial charge in [-0.3, -0.25) is 4.79 Å². The lowest BCUT2D eigenvalue weighted by Crippen LogP contribution is -2.22. The summed E-state index contributed by atoms with van der Waals surface area (Å²) in [6.07, 6.45) is 2.49. The van der Waals surface area contributed by atoms with Gasteiger partial charge in [-0.1, -0.05) is 6.07 Å². The van der Waals surface area contributed by atoms with Gasteiger partial charge in [0.25, 0.3) is 5.91 Å². The van der Waals surface area contributed by atoms with Crippen molar-refractivity contribution in [3.8, 4) is 0 Å². The molecular weight excluding hydrogens is 202 g/mol. The Kier molecular flexibility index (Phi) is 2.73. The first-order chi connectivity index (χ1) is 7.59. The number of nitrogens with two attached hydrogens (primary N) is 2. The van der Waals surface area contributed by atoms with E-state index in [9.17, 15) is 4.79 Å². The number of nitrogens with one attached hydrogen (secondary N) is 1. The number of primary amides is 1. The van der Waals surface area contributed by atoms with Crippen molar-refractivity contribution in [3.05, 3.63) is 23.8 Å². The molecule has 0 radical (unpaired) electrons. The Morgan fingerprint density at radius 2 is 2.19 bits per heavy atom. The largest absolute Gasteiger partial charge is 0.397 e. The van der Waals surface area contributed by atoms with Crippen LogP contribution in [0.25, 0.3) is 0 Å². The summed E-state index contributed by atoms with van der Waals surface area (Å²) >= 11 is 0. The summed E-state index contributed by atoms with van der Waals surface area (Å²) in [7, 11) is 0. The summed E-state index contributed by atoms with van der Waals surface area (Å²) < 4.78 is 0. The molecular formula is C12H17N3O. The maximum absolute atomic E-state index is 11.3. The van der Waals surface area contributed by atoms with Crippen molar-refractivity contribution in [1.82, 2.24) is 0 Å². The van der Waals surface area contributed by atoms with E-state index >= 15 is 0 Å². The van der Waals surface area contributed by atoms with Crippen LogP contribution in [-0.4, -0.2) is 11.9 Å². The Morgan fingerprint density at radius 1 is 1.50 bits per heavy atom. The summed E-state index contributed by atoms with van der Waals surface area (Å²) in [5.41, 5.74) is 12.9. The fourth-order valence-corrected chi connectivity index (χ4v) is 1.88. The number of para-hydroxylation sites is 1. The molecule has 1 saturated carbocycles. The number of anilines is 2. The van der Waals surface area contributed by atoms with E-state index in [4.69, 9.17) is 11.5 Å². The average molecular weight is 219 g/mol. The minimum Gasteiger partial charge on any atom is -0.397 e. The maximum atomic E-state index is 11.3. The molecule has 4 heteroatoms. The smallest absolute Gasteiger partial charge is 0.250 e. The second kappa shape index (κ2) is 4.04. The van der Waals surface area contributed by atoms with Gasteiger partial charge in [0.15, 0.2) is 0 Å². The Bertz CT molecular complexity index is 413. The van der Waals surface area contributed by atoms with E-state index in [-0.39, 0.29) is 0 Å². The third-order valence-electron chi connectivity index (χ3n) is 3.06. The third kappa shape index (κ3) is 2.10. The average Bonchev–Trinajstić information content (AvgIpc) is 3.03. The lowest BCUT2D eigenvalue weighted by molar-refractivity contribution is 0.100. The Hall–Kier alpha value is -1.71. The van der Waals surface area contributed by atoms with Gasteiger partial charge in [0.1, 0.15) is 0 Å². The van der Waals surface area contributed by atoms with Crippen molar-refractivity contribution in [3.63, 3.8) is 0 Å². The molecule has 1 fully saturated rings. The monoisotopic (exact) mass is 219 g/mol. The van der Waals surface area contributed by atoms with Crippen molar-refractivity contribution >= 4 is 17.3 Å². The molecule has 16 heavy (non-hydrogen) atoms. The van der Waals surface area contributed by atoms with E-state index in [2.05, 4.69) is 12.2 Å². The van der Waals surface area contributed by atoms with Crippen LogP contribution < -0.4 is 16.8 Å². The quantitative estimate of drug-likeness (QED) is 0.672. The van der Waals surface area contributed by atoms with E-state index in [0.717, 1.165) is 0 Å². The summed E-state index contributed by atoms with van der Waals surface area (Å²) in [4.78, 5) is 11.3. The lowest BCUT2D eigenvalue weighted by atomic mass is 10.1. The molecule has 0 aliphatic heterocycles. The first-order valence-electron chi connectivity index (χ1n) is 5.54. The topological polar surface area (TPSA) is 81.1 Å². The number of hydrogen-bond donors (Lipinski definition) is 3. The first-order valence-corrected chi connectivity index (χ1v) is 5.54. The van der Waals surface area contributed by atoms with Crippen LogP contribution in [0.3, 0.4) is 0 Å². The molecule has 0 saturated heterocycles. The molecule has 0 bridgehead atoms. The molecule has 0 heterocycles. The SMILES string of the molecule is CC(Nc1c(N)cccc1C(N)=O)C1CC1. The zero-order valence-corrected chi connectivity index (χ0v) is 9.36. The number of nitrogen functional groups attached to an aromatic ring is 1. The lowest BCUT2D eigenvalue weighted by Gasteiger charge is -2.18. The van der Waals surface area contributed by atoms with E-state index in [1.54, 1.807) is 18.2 Å². The van der Waals surface area contributed by atoms with Crippen LogP contribution >= 0.6 is 0 Å². The van der Waals surface area contributed by atoms with Crippen LogP contribution in [0.5, 0.6) is 0 Å². The number of benzene rings is 1. The van der Waals surface area contributed by atoms with Crippen molar-refractivity contribution in [2.75, 3.05) is 11.1 Å². The summed E-state index contributed by atoms with van der Waals surface area (Å²) in [5, 5.41) is 3.30. The first kappa shape index (κ1) is 10.8. The molecule has 1 unspecified atom stereocenters. The second-order valence-electron chi connectivity index (χ2n) is 4.40. The minimum atomic E-state index is -0.446. The molecule has 1 amide bonds. The molecule has 1 aliphatic carbocycles. The van der Waals surface area contributed by atoms with Crippen molar-refractivity contribution in [1.29, 1.82) is 0 Å². The van der Waals surface area contributed by atoms with Crippen LogP contribution in [0.1, 0.15) is 30.1 Å². The molecule has 4 nitrogen and oxygen atoms in total. The van der Waals surface area contributed by atoms with E-state index in [1.165, 1.54) is 12.8 Å². The summed E-state index contributed by atoms with van der Waals surface area (Å²) in [6, 6.07) is 5.54. The van der Waals surface area contributed by atoms with Gasteiger partial charge >= 0.3 is 0 Å². The third-order valence-corrected chi connectivity index (χ3v) is 3.06. The Labute approximate surface area is 95.0 Å². The van der Waals surface area contributed by atoms with E-state index in [0.29, 0.717) is 28.9 Å². The molecule has 1 aromatic rings. The number of hydrogen-bond acceptors (Lipinski definition) is 3. The number of carbonyl (C=O) groups excluding carboxylic acids is 1. The minimum absolute atomic E-state index is 0.336. The highest BCUT2D eigenvalue weighted by Gasteiger charge is 2.28. The van der Waals surface area contributed by atoms with Gasteiger partial charge in [0.2, 0.25) is 0 Å². The van der Waals surface area contributed by atoms with Crippen molar-refractivity contribution in [2.45, 2.75) is 25.8 Å². The maximum Gasteiger partial charge on any atom is 0.250 e. The molecule has 1 atom stereocenters. The number of rotatable bonds is 4. The predicted octanol–water partition coefficient (Wildman–Crippen LogP) is 1.58. The molecule has 1 aliphatic rings. The van der Waals surface area contributed by atoms with E-state index in [1.807, 2.05) is 0 Å². The van der Waals surface area contributed by atoms with Crippen LogP contribution in [0.15, 0.2) is 18.2 Å². The van der Waals surface area contributed by atoms with Gasteiger partial charge in [-0.15, -0.1) is 0 Å². The predicted molar refractivity (Wildman–Crippen MR) is 65.2 cm³/mol. The molecule has 0 spiro atoms. The van der Waals surface area contributed by atoms with Crippen LogP contribution in [0, 0.1) is 5.92 Å². The highest BCUT2D eigenvalue weighted by molar-refractivity contribution is 6.01. The number of carbonyl (C=O) groups is 1. The summed E-state index contributed by atoms with van der Waals surface area (Å²) in [5.74, 6) is 0.248. The van der Waals surface area contributed by atoms with E-state index < -0.39 is 5.91 Å². The van der Waals surface area contributed by atoms with Crippen LogP contribution in [0.2, 0.25) is 0 Å². The zero-order chi connectivity index (χ0) is 11.7. The zero-order valence-electron chi connectivity index (χ0n) is 9.36. The van der Waals surface area contributed by atoms with Crippen LogP contribution in [0.4, 0.5) is 11.4 Å². The van der Waals surface area contributed by atoms with Gasteiger partial charge in [-0.05, 0) is 37.8 Å².